The largest absolute Gasteiger partial charge is 0.396 e. The van der Waals surface area contributed by atoms with Gasteiger partial charge in [0, 0.05) is 37.9 Å². The molecule has 2 atom stereocenters. The number of hydrogen-bond donors (Lipinski definition) is 2. The van der Waals surface area contributed by atoms with Gasteiger partial charge in [0.1, 0.15) is 0 Å². The minimum absolute atomic E-state index is 0.0721. The number of hydrogen-bond acceptors (Lipinski definition) is 4. The number of ketones is 1. The fourth-order valence-electron chi connectivity index (χ4n) is 3.61. The first kappa shape index (κ1) is 22.8. The normalized spacial score (nSPS) is 18.6. The fourth-order valence-corrected chi connectivity index (χ4v) is 3.61. The average molecular weight is 397 g/mol. The summed E-state index contributed by atoms with van der Waals surface area (Å²) in [6.07, 6.45) is 1.03. The molecule has 1 amide bonds. The summed E-state index contributed by atoms with van der Waals surface area (Å²) < 4.78 is 0. The summed E-state index contributed by atoms with van der Waals surface area (Å²) in [7, 11) is 0. The number of nitrogens with one attached hydrogen (secondary N) is 1. The molecule has 0 bridgehead atoms. The zero-order valence-electron chi connectivity index (χ0n) is 17.6. The molecule has 2 N–H and O–H groups in total. The minimum atomic E-state index is -0.128. The van der Waals surface area contributed by atoms with Gasteiger partial charge in [-0.3, -0.25) is 14.5 Å². The number of aliphatic hydroxyl groups is 1. The van der Waals surface area contributed by atoms with E-state index in [0.717, 1.165) is 19.5 Å². The van der Waals surface area contributed by atoms with Crippen LogP contribution in [0.4, 0.5) is 5.69 Å². The van der Waals surface area contributed by atoms with Crippen LogP contribution in [0.15, 0.2) is 54.6 Å². The number of benzene rings is 2. The summed E-state index contributed by atoms with van der Waals surface area (Å²) in [5.74, 6) is 0.694. The highest BCUT2D eigenvalue weighted by Crippen LogP contribution is 2.25. The fraction of sp³-hybridized carbons (Fsp3) is 0.417. The highest BCUT2D eigenvalue weighted by atomic mass is 16.3. The second-order valence-corrected chi connectivity index (χ2v) is 7.64. The topological polar surface area (TPSA) is 69.6 Å². The van der Waals surface area contributed by atoms with Crippen LogP contribution < -0.4 is 5.32 Å². The van der Waals surface area contributed by atoms with Crippen molar-refractivity contribution in [2.45, 2.75) is 27.2 Å². The monoisotopic (exact) mass is 396 g/mol. The van der Waals surface area contributed by atoms with Gasteiger partial charge in [0.25, 0.3) is 0 Å². The molecule has 1 heterocycles. The Hall–Kier alpha value is -2.50. The van der Waals surface area contributed by atoms with E-state index < -0.39 is 0 Å². The van der Waals surface area contributed by atoms with E-state index in [-0.39, 0.29) is 24.2 Å². The van der Waals surface area contributed by atoms with Crippen LogP contribution in [0.2, 0.25) is 0 Å². The van der Waals surface area contributed by atoms with Gasteiger partial charge in [-0.15, -0.1) is 0 Å². The Bertz CT molecular complexity index is 762. The first-order valence-corrected chi connectivity index (χ1v) is 10.2. The molecule has 0 aliphatic carbocycles. The third-order valence-corrected chi connectivity index (χ3v) is 5.25. The maximum absolute atomic E-state index is 12.3. The molecule has 0 spiro atoms. The summed E-state index contributed by atoms with van der Waals surface area (Å²) in [4.78, 5) is 25.4. The van der Waals surface area contributed by atoms with Crippen LogP contribution in [-0.2, 0) is 4.79 Å². The number of anilines is 1. The Morgan fingerprint density at radius 3 is 2.10 bits per heavy atom. The molecule has 2 aromatic rings. The van der Waals surface area contributed by atoms with E-state index in [1.807, 2.05) is 18.2 Å². The number of nitrogens with zero attached hydrogens (tertiary/aromatic N) is 1. The molecule has 5 nitrogen and oxygen atoms in total. The molecule has 1 aliphatic heterocycles. The standard InChI is InChI=1S/C17H24N2O3.C7H8/c1-3-13-8-19(9-15(13)11-20)10-17(22)14-4-6-16(7-5-14)18-12(2)21;1-7-5-3-2-4-6-7/h4-7,13,15,20H,3,8-11H2,1-2H3,(H,18,21);2-6H,1H3/t13-,15-;/m1./s1. The summed E-state index contributed by atoms with van der Waals surface area (Å²) in [5, 5.41) is 12.1. The van der Waals surface area contributed by atoms with Crippen molar-refractivity contribution >= 4 is 17.4 Å². The minimum Gasteiger partial charge on any atom is -0.396 e. The van der Waals surface area contributed by atoms with Gasteiger partial charge in [-0.25, -0.2) is 0 Å². The molecule has 2 aromatic carbocycles. The van der Waals surface area contributed by atoms with Crippen molar-refractivity contribution in [1.82, 2.24) is 4.90 Å². The van der Waals surface area contributed by atoms with Crippen LogP contribution in [0.25, 0.3) is 0 Å². The van der Waals surface area contributed by atoms with Crippen LogP contribution in [0.1, 0.15) is 36.2 Å². The number of amides is 1. The summed E-state index contributed by atoms with van der Waals surface area (Å²) >= 11 is 0. The van der Waals surface area contributed by atoms with Crippen LogP contribution in [0.5, 0.6) is 0 Å². The average Bonchev–Trinajstić information content (AvgIpc) is 3.11. The van der Waals surface area contributed by atoms with Gasteiger partial charge in [0.15, 0.2) is 5.78 Å². The molecule has 156 valence electrons. The number of aryl methyl sites for hydroxylation is 1. The lowest BCUT2D eigenvalue weighted by molar-refractivity contribution is -0.114. The summed E-state index contributed by atoms with van der Waals surface area (Å²) in [5.41, 5.74) is 2.66. The van der Waals surface area contributed by atoms with Crippen molar-refractivity contribution in [3.63, 3.8) is 0 Å². The molecule has 1 aliphatic rings. The molecule has 1 fully saturated rings. The second-order valence-electron chi connectivity index (χ2n) is 7.64. The van der Waals surface area contributed by atoms with E-state index in [0.29, 0.717) is 23.7 Å². The number of rotatable bonds is 6. The maximum atomic E-state index is 12.3. The van der Waals surface area contributed by atoms with Crippen LogP contribution in [0, 0.1) is 18.8 Å². The Labute approximate surface area is 173 Å². The Balaban J connectivity index is 0.000000360. The number of Topliss-reactive ketones (excluding diaryl/α,β-unsaturated/α-hetero) is 1. The third-order valence-electron chi connectivity index (χ3n) is 5.25. The summed E-state index contributed by atoms with van der Waals surface area (Å²) in [6.45, 7) is 7.89. The van der Waals surface area contributed by atoms with Crippen molar-refractivity contribution in [2.24, 2.45) is 11.8 Å². The molecule has 0 unspecified atom stereocenters. The SMILES string of the molecule is CC[C@@H]1CN(CC(=O)c2ccc(NC(C)=O)cc2)C[C@@H]1CO.Cc1ccccc1. The van der Waals surface area contributed by atoms with Crippen molar-refractivity contribution in [3.8, 4) is 0 Å². The quantitative estimate of drug-likeness (QED) is 0.729. The first-order valence-electron chi connectivity index (χ1n) is 10.2. The smallest absolute Gasteiger partial charge is 0.221 e. The molecule has 0 aromatic heterocycles. The Morgan fingerprint density at radius 2 is 1.66 bits per heavy atom. The third kappa shape index (κ3) is 7.44. The van der Waals surface area contributed by atoms with Gasteiger partial charge in [-0.1, -0.05) is 49.2 Å². The van der Waals surface area contributed by atoms with Crippen LogP contribution in [0.3, 0.4) is 0 Å². The van der Waals surface area contributed by atoms with E-state index in [4.69, 9.17) is 0 Å². The van der Waals surface area contributed by atoms with Gasteiger partial charge in [-0.05, 0) is 43.0 Å². The van der Waals surface area contributed by atoms with Crippen molar-refractivity contribution < 1.29 is 14.7 Å². The van der Waals surface area contributed by atoms with Crippen LogP contribution >= 0.6 is 0 Å². The van der Waals surface area contributed by atoms with Crippen molar-refractivity contribution in [1.29, 1.82) is 0 Å². The lowest BCUT2D eigenvalue weighted by atomic mass is 9.95. The zero-order valence-corrected chi connectivity index (χ0v) is 17.6. The molecule has 0 radical (unpaired) electrons. The number of aliphatic hydroxyl groups excluding tert-OH is 1. The van der Waals surface area contributed by atoms with Crippen molar-refractivity contribution in [2.75, 3.05) is 31.6 Å². The van der Waals surface area contributed by atoms with E-state index in [1.165, 1.54) is 12.5 Å². The lowest BCUT2D eigenvalue weighted by Crippen LogP contribution is -2.28. The second kappa shape index (κ2) is 11.5. The van der Waals surface area contributed by atoms with E-state index in [9.17, 15) is 14.7 Å². The number of carbonyl (C=O) groups is 2. The predicted molar refractivity (Wildman–Crippen MR) is 117 cm³/mol. The number of carbonyl (C=O) groups excluding carboxylic acids is 2. The molecule has 5 heteroatoms. The van der Waals surface area contributed by atoms with E-state index in [2.05, 4.69) is 36.2 Å². The Kier molecular flexibility index (Phi) is 9.03. The van der Waals surface area contributed by atoms with Gasteiger partial charge in [0.05, 0.1) is 6.54 Å². The highest BCUT2D eigenvalue weighted by molar-refractivity contribution is 5.98. The van der Waals surface area contributed by atoms with Gasteiger partial charge in [0.2, 0.25) is 5.91 Å². The maximum Gasteiger partial charge on any atom is 0.221 e. The van der Waals surface area contributed by atoms with E-state index >= 15 is 0 Å². The van der Waals surface area contributed by atoms with Gasteiger partial charge < -0.3 is 10.4 Å². The predicted octanol–water partition coefficient (Wildman–Crippen LogP) is 3.77. The highest BCUT2D eigenvalue weighted by Gasteiger charge is 2.31. The first-order chi connectivity index (χ1) is 13.9. The van der Waals surface area contributed by atoms with Gasteiger partial charge in [-0.2, -0.15) is 0 Å². The van der Waals surface area contributed by atoms with E-state index in [1.54, 1.807) is 24.3 Å². The van der Waals surface area contributed by atoms with Gasteiger partial charge >= 0.3 is 0 Å². The molecule has 1 saturated heterocycles. The molecule has 0 saturated carbocycles. The zero-order chi connectivity index (χ0) is 21.2. The Morgan fingerprint density at radius 1 is 1.03 bits per heavy atom. The molecule has 29 heavy (non-hydrogen) atoms. The van der Waals surface area contributed by atoms with Crippen molar-refractivity contribution in [3.05, 3.63) is 65.7 Å². The molecular formula is C24H32N2O3. The molecular weight excluding hydrogens is 364 g/mol. The van der Waals surface area contributed by atoms with Crippen LogP contribution in [-0.4, -0.2) is 47.9 Å². The summed E-state index contributed by atoms with van der Waals surface area (Å²) in [6, 6.07) is 17.2. The lowest BCUT2D eigenvalue weighted by Gasteiger charge is -2.14. The molecule has 3 rings (SSSR count). The number of likely N-dealkylation sites (tertiary alicyclic amines) is 1.